The number of anilines is 1. The molecule has 0 saturated carbocycles. The minimum atomic E-state index is -1.18. The van der Waals surface area contributed by atoms with Crippen LogP contribution >= 0.6 is 0 Å². The summed E-state index contributed by atoms with van der Waals surface area (Å²) in [4.78, 5) is 12.5. The van der Waals surface area contributed by atoms with Gasteiger partial charge in [0.15, 0.2) is 0 Å². The number of benzene rings is 2. The Balaban J connectivity index is 2.30. The maximum Gasteiger partial charge on any atom is 0.248 e. The molecule has 0 saturated heterocycles. The van der Waals surface area contributed by atoms with Crippen molar-refractivity contribution in [3.8, 4) is 5.75 Å². The lowest BCUT2D eigenvalue weighted by Gasteiger charge is -2.24. The van der Waals surface area contributed by atoms with Gasteiger partial charge in [-0.05, 0) is 43.5 Å². The van der Waals surface area contributed by atoms with Gasteiger partial charge in [0, 0.05) is 0 Å². The fourth-order valence-corrected chi connectivity index (χ4v) is 2.22. The Hall–Kier alpha value is -2.33. The van der Waals surface area contributed by atoms with Gasteiger partial charge in [-0.1, -0.05) is 36.4 Å². The van der Waals surface area contributed by atoms with Crippen molar-refractivity contribution in [2.24, 2.45) is 5.73 Å². The van der Waals surface area contributed by atoms with E-state index >= 15 is 0 Å². The SMILES string of the molecule is Cc1cc(C)c(O)c(NC(=O)C(C)(N)c2ccccc2)c1. The number of phenolic OH excluding ortho intramolecular Hbond substituents is 1. The Labute approximate surface area is 124 Å². The van der Waals surface area contributed by atoms with Gasteiger partial charge in [0.25, 0.3) is 0 Å². The number of carbonyl (C=O) groups is 1. The van der Waals surface area contributed by atoms with E-state index in [4.69, 9.17) is 5.73 Å². The van der Waals surface area contributed by atoms with Gasteiger partial charge in [-0.3, -0.25) is 4.79 Å². The summed E-state index contributed by atoms with van der Waals surface area (Å²) in [6.45, 7) is 5.34. The first-order valence-electron chi connectivity index (χ1n) is 6.78. The third kappa shape index (κ3) is 3.06. The number of amides is 1. The van der Waals surface area contributed by atoms with Crippen molar-refractivity contribution >= 4 is 11.6 Å². The average Bonchev–Trinajstić information content (AvgIpc) is 2.45. The van der Waals surface area contributed by atoms with Crippen molar-refractivity contribution in [1.82, 2.24) is 0 Å². The van der Waals surface area contributed by atoms with Gasteiger partial charge in [-0.2, -0.15) is 0 Å². The zero-order chi connectivity index (χ0) is 15.6. The molecule has 0 aliphatic rings. The Morgan fingerprint density at radius 1 is 1.19 bits per heavy atom. The van der Waals surface area contributed by atoms with E-state index in [1.165, 1.54) is 0 Å². The van der Waals surface area contributed by atoms with Crippen molar-refractivity contribution in [2.75, 3.05) is 5.32 Å². The molecule has 0 fully saturated rings. The number of nitrogens with two attached hydrogens (primary N) is 1. The first kappa shape index (κ1) is 15.1. The lowest BCUT2D eigenvalue weighted by molar-refractivity contribution is -0.120. The Morgan fingerprint density at radius 3 is 2.43 bits per heavy atom. The van der Waals surface area contributed by atoms with E-state index in [-0.39, 0.29) is 11.7 Å². The molecule has 0 aliphatic heterocycles. The van der Waals surface area contributed by atoms with Crippen LogP contribution in [0, 0.1) is 13.8 Å². The molecule has 0 bridgehead atoms. The molecule has 2 aromatic rings. The summed E-state index contributed by atoms with van der Waals surface area (Å²) < 4.78 is 0. The molecule has 1 atom stereocenters. The van der Waals surface area contributed by atoms with E-state index in [0.717, 1.165) is 5.56 Å². The molecule has 0 radical (unpaired) electrons. The quantitative estimate of drug-likeness (QED) is 0.759. The third-order valence-corrected chi connectivity index (χ3v) is 3.54. The van der Waals surface area contributed by atoms with Gasteiger partial charge < -0.3 is 16.2 Å². The molecular weight excluding hydrogens is 264 g/mol. The first-order chi connectivity index (χ1) is 9.82. The molecule has 2 rings (SSSR count). The maximum absolute atomic E-state index is 12.5. The highest BCUT2D eigenvalue weighted by Gasteiger charge is 2.31. The predicted octanol–water partition coefficient (Wildman–Crippen LogP) is 2.82. The van der Waals surface area contributed by atoms with Crippen LogP contribution in [0.5, 0.6) is 5.75 Å². The van der Waals surface area contributed by atoms with Crippen LogP contribution in [0.15, 0.2) is 42.5 Å². The monoisotopic (exact) mass is 284 g/mol. The Morgan fingerprint density at radius 2 is 1.81 bits per heavy atom. The second-order valence-electron chi connectivity index (χ2n) is 5.50. The van der Waals surface area contributed by atoms with E-state index in [1.54, 1.807) is 32.0 Å². The lowest BCUT2D eigenvalue weighted by Crippen LogP contribution is -2.45. The fourth-order valence-electron chi connectivity index (χ4n) is 2.22. The second kappa shape index (κ2) is 5.58. The number of carbonyl (C=O) groups excluding carboxylic acids is 1. The molecule has 1 amide bonds. The summed E-state index contributed by atoms with van der Waals surface area (Å²) in [5.41, 5.74) is 7.75. The van der Waals surface area contributed by atoms with Crippen LogP contribution in [0.2, 0.25) is 0 Å². The number of aryl methyl sites for hydroxylation is 2. The summed E-state index contributed by atoms with van der Waals surface area (Å²) in [6, 6.07) is 12.7. The molecule has 4 N–H and O–H groups in total. The molecule has 0 aromatic heterocycles. The number of rotatable bonds is 3. The highest BCUT2D eigenvalue weighted by molar-refractivity contribution is 5.99. The first-order valence-corrected chi connectivity index (χ1v) is 6.78. The molecule has 0 aliphatic carbocycles. The largest absolute Gasteiger partial charge is 0.505 e. The molecule has 110 valence electrons. The van der Waals surface area contributed by atoms with Crippen LogP contribution in [0.4, 0.5) is 5.69 Å². The second-order valence-corrected chi connectivity index (χ2v) is 5.50. The fraction of sp³-hybridized carbons (Fsp3) is 0.235. The number of phenols is 1. The molecule has 4 heteroatoms. The van der Waals surface area contributed by atoms with Gasteiger partial charge in [0.05, 0.1) is 5.69 Å². The third-order valence-electron chi connectivity index (χ3n) is 3.54. The summed E-state index contributed by atoms with van der Waals surface area (Å²) in [5.74, 6) is -0.299. The van der Waals surface area contributed by atoms with Crippen LogP contribution in [-0.4, -0.2) is 11.0 Å². The van der Waals surface area contributed by atoms with Crippen LogP contribution in [-0.2, 0) is 10.3 Å². The Kier molecular flexibility index (Phi) is 4.00. The summed E-state index contributed by atoms with van der Waals surface area (Å²) in [6.07, 6.45) is 0. The maximum atomic E-state index is 12.5. The van der Waals surface area contributed by atoms with Crippen molar-refractivity contribution < 1.29 is 9.90 Å². The molecule has 21 heavy (non-hydrogen) atoms. The van der Waals surface area contributed by atoms with Gasteiger partial charge in [-0.25, -0.2) is 0 Å². The van der Waals surface area contributed by atoms with Crippen LogP contribution < -0.4 is 11.1 Å². The number of hydrogen-bond donors (Lipinski definition) is 3. The van der Waals surface area contributed by atoms with Gasteiger partial charge >= 0.3 is 0 Å². The van der Waals surface area contributed by atoms with Crippen LogP contribution in [0.25, 0.3) is 0 Å². The zero-order valence-electron chi connectivity index (χ0n) is 12.5. The van der Waals surface area contributed by atoms with E-state index in [2.05, 4.69) is 5.32 Å². The molecule has 1 unspecified atom stereocenters. The number of aromatic hydroxyl groups is 1. The molecule has 0 spiro atoms. The standard InChI is InChI=1S/C17H20N2O2/c1-11-9-12(2)15(20)14(10-11)19-16(21)17(3,18)13-7-5-4-6-8-13/h4-10,20H,18H2,1-3H3,(H,19,21). The summed E-state index contributed by atoms with van der Waals surface area (Å²) in [5, 5.41) is 12.8. The number of nitrogens with one attached hydrogen (secondary N) is 1. The molecular formula is C17H20N2O2. The number of hydrogen-bond acceptors (Lipinski definition) is 3. The highest BCUT2D eigenvalue weighted by atomic mass is 16.3. The van der Waals surface area contributed by atoms with E-state index in [9.17, 15) is 9.90 Å². The molecule has 4 nitrogen and oxygen atoms in total. The van der Waals surface area contributed by atoms with Crippen molar-refractivity contribution in [1.29, 1.82) is 0 Å². The lowest BCUT2D eigenvalue weighted by atomic mass is 9.92. The van der Waals surface area contributed by atoms with Gasteiger partial charge in [-0.15, -0.1) is 0 Å². The van der Waals surface area contributed by atoms with Gasteiger partial charge in [0.1, 0.15) is 11.3 Å². The Bertz CT molecular complexity index is 664. The average molecular weight is 284 g/mol. The van der Waals surface area contributed by atoms with Crippen molar-refractivity contribution in [2.45, 2.75) is 26.3 Å². The van der Waals surface area contributed by atoms with Crippen molar-refractivity contribution in [3.63, 3.8) is 0 Å². The van der Waals surface area contributed by atoms with Gasteiger partial charge in [0.2, 0.25) is 5.91 Å². The molecule has 0 heterocycles. The van der Waals surface area contributed by atoms with E-state index < -0.39 is 5.54 Å². The van der Waals surface area contributed by atoms with Crippen molar-refractivity contribution in [3.05, 3.63) is 59.2 Å². The smallest absolute Gasteiger partial charge is 0.248 e. The van der Waals surface area contributed by atoms with E-state index in [1.807, 2.05) is 31.2 Å². The molecule has 2 aromatic carbocycles. The highest BCUT2D eigenvalue weighted by Crippen LogP contribution is 2.30. The minimum absolute atomic E-state index is 0.0674. The summed E-state index contributed by atoms with van der Waals surface area (Å²) in [7, 11) is 0. The van der Waals surface area contributed by atoms with E-state index in [0.29, 0.717) is 16.8 Å². The van der Waals surface area contributed by atoms with Crippen LogP contribution in [0.1, 0.15) is 23.6 Å². The minimum Gasteiger partial charge on any atom is -0.505 e. The summed E-state index contributed by atoms with van der Waals surface area (Å²) >= 11 is 0. The topological polar surface area (TPSA) is 75.3 Å². The predicted molar refractivity (Wildman–Crippen MR) is 84.2 cm³/mol. The zero-order valence-corrected chi connectivity index (χ0v) is 12.5. The van der Waals surface area contributed by atoms with Crippen LogP contribution in [0.3, 0.4) is 0 Å². The normalized spacial score (nSPS) is 13.5.